The number of aliphatic hydroxyl groups is 1. The summed E-state index contributed by atoms with van der Waals surface area (Å²) in [6.07, 6.45) is 9.01. The number of carbonyl (C=O) groups excluding carboxylic acids is 1. The molecule has 0 aliphatic carbocycles. The maximum atomic E-state index is 12.9. The van der Waals surface area contributed by atoms with Crippen LogP contribution in [0.1, 0.15) is 31.0 Å². The maximum absolute atomic E-state index is 12.9. The molecule has 1 amide bonds. The lowest BCUT2D eigenvalue weighted by Crippen LogP contribution is -2.41. The van der Waals surface area contributed by atoms with Gasteiger partial charge in [-0.25, -0.2) is 4.98 Å². The van der Waals surface area contributed by atoms with Crippen molar-refractivity contribution in [3.05, 3.63) is 66.4 Å². The minimum atomic E-state index is -0.191. The summed E-state index contributed by atoms with van der Waals surface area (Å²) in [5.74, 6) is 0.0202. The van der Waals surface area contributed by atoms with Gasteiger partial charge in [0, 0.05) is 37.8 Å². The van der Waals surface area contributed by atoms with Gasteiger partial charge in [0.25, 0.3) is 0 Å². The number of hydrogen-bond donors (Lipinski definition) is 1. The predicted molar refractivity (Wildman–Crippen MR) is 99.5 cm³/mol. The number of aryl methyl sites for hydroxylation is 1. The molecule has 0 unspecified atom stereocenters. The Kier molecular flexibility index (Phi) is 5.96. The average molecular weight is 352 g/mol. The van der Waals surface area contributed by atoms with E-state index in [-0.39, 0.29) is 18.6 Å². The highest BCUT2D eigenvalue weighted by Crippen LogP contribution is 2.14. The third-order valence-corrected chi connectivity index (χ3v) is 4.53. The van der Waals surface area contributed by atoms with Crippen molar-refractivity contribution in [3.63, 3.8) is 0 Å². The SMILES string of the molecule is CC[C@H](CO)N(Cc1cccnc1)C(=O)CCc1cn2ccccc2n1. The number of aliphatic hydroxyl groups excluding tert-OH is 1. The van der Waals surface area contributed by atoms with Crippen molar-refractivity contribution in [2.24, 2.45) is 0 Å². The lowest BCUT2D eigenvalue weighted by molar-refractivity contribution is -0.135. The van der Waals surface area contributed by atoms with E-state index < -0.39 is 0 Å². The second kappa shape index (κ2) is 8.58. The van der Waals surface area contributed by atoms with Crippen LogP contribution < -0.4 is 0 Å². The first-order chi connectivity index (χ1) is 12.7. The molecule has 0 saturated heterocycles. The fourth-order valence-electron chi connectivity index (χ4n) is 3.04. The van der Waals surface area contributed by atoms with Gasteiger partial charge in [0.05, 0.1) is 18.3 Å². The highest BCUT2D eigenvalue weighted by Gasteiger charge is 2.22. The van der Waals surface area contributed by atoms with E-state index in [1.165, 1.54) is 0 Å². The second-order valence-corrected chi connectivity index (χ2v) is 6.33. The Morgan fingerprint density at radius 3 is 2.88 bits per heavy atom. The maximum Gasteiger partial charge on any atom is 0.223 e. The Bertz CT molecular complexity index is 810. The summed E-state index contributed by atoms with van der Waals surface area (Å²) in [5.41, 5.74) is 2.73. The number of pyridine rings is 2. The summed E-state index contributed by atoms with van der Waals surface area (Å²) < 4.78 is 1.95. The quantitative estimate of drug-likeness (QED) is 0.676. The minimum absolute atomic E-state index is 0.0202. The van der Waals surface area contributed by atoms with Gasteiger partial charge in [0.15, 0.2) is 0 Å². The van der Waals surface area contributed by atoms with Gasteiger partial charge in [-0.3, -0.25) is 9.78 Å². The molecule has 136 valence electrons. The molecule has 3 heterocycles. The molecule has 0 radical (unpaired) electrons. The molecule has 0 aliphatic heterocycles. The van der Waals surface area contributed by atoms with E-state index in [0.29, 0.717) is 25.8 Å². The van der Waals surface area contributed by atoms with E-state index in [2.05, 4.69) is 9.97 Å². The van der Waals surface area contributed by atoms with Crippen LogP contribution in [0, 0.1) is 0 Å². The Labute approximate surface area is 153 Å². The number of nitrogens with zero attached hydrogens (tertiary/aromatic N) is 4. The average Bonchev–Trinajstić information content (AvgIpc) is 3.10. The Morgan fingerprint density at radius 2 is 2.19 bits per heavy atom. The third-order valence-electron chi connectivity index (χ3n) is 4.53. The number of imidazole rings is 1. The molecule has 3 aromatic rings. The topological polar surface area (TPSA) is 70.7 Å². The molecule has 0 aromatic carbocycles. The van der Waals surface area contributed by atoms with Gasteiger partial charge in [0.1, 0.15) is 5.65 Å². The Morgan fingerprint density at radius 1 is 1.31 bits per heavy atom. The summed E-state index contributed by atoms with van der Waals surface area (Å²) in [5, 5.41) is 9.68. The fourth-order valence-corrected chi connectivity index (χ4v) is 3.04. The summed E-state index contributed by atoms with van der Waals surface area (Å²) in [6.45, 7) is 2.39. The Hall–Kier alpha value is -2.73. The van der Waals surface area contributed by atoms with Crippen LogP contribution in [0.5, 0.6) is 0 Å². The van der Waals surface area contributed by atoms with E-state index in [0.717, 1.165) is 16.9 Å². The zero-order chi connectivity index (χ0) is 18.4. The number of carbonyl (C=O) groups is 1. The second-order valence-electron chi connectivity index (χ2n) is 6.33. The zero-order valence-corrected chi connectivity index (χ0v) is 15.0. The van der Waals surface area contributed by atoms with Crippen molar-refractivity contribution in [2.45, 2.75) is 38.8 Å². The number of fused-ring (bicyclic) bond motifs is 1. The summed E-state index contributed by atoms with van der Waals surface area (Å²) in [4.78, 5) is 23.3. The lowest BCUT2D eigenvalue weighted by atomic mass is 10.1. The molecule has 3 aromatic heterocycles. The van der Waals surface area contributed by atoms with Crippen molar-refractivity contribution in [1.29, 1.82) is 0 Å². The third kappa shape index (κ3) is 4.26. The predicted octanol–water partition coefficient (Wildman–Crippen LogP) is 2.46. The van der Waals surface area contributed by atoms with Crippen molar-refractivity contribution < 1.29 is 9.90 Å². The van der Waals surface area contributed by atoms with E-state index in [1.807, 2.05) is 54.0 Å². The number of amides is 1. The molecule has 0 bridgehead atoms. The van der Waals surface area contributed by atoms with Gasteiger partial charge in [-0.05, 0) is 36.6 Å². The molecule has 1 atom stereocenters. The normalized spacial score (nSPS) is 12.2. The zero-order valence-electron chi connectivity index (χ0n) is 15.0. The highest BCUT2D eigenvalue weighted by molar-refractivity contribution is 5.76. The molecule has 1 N–H and O–H groups in total. The molecule has 6 heteroatoms. The van der Waals surface area contributed by atoms with Gasteiger partial charge in [-0.15, -0.1) is 0 Å². The number of hydrogen-bond acceptors (Lipinski definition) is 4. The van der Waals surface area contributed by atoms with E-state index in [4.69, 9.17) is 0 Å². The van der Waals surface area contributed by atoms with Crippen molar-refractivity contribution >= 4 is 11.6 Å². The molecule has 3 rings (SSSR count). The van der Waals surface area contributed by atoms with Crippen LogP contribution in [0.25, 0.3) is 5.65 Å². The van der Waals surface area contributed by atoms with Crippen LogP contribution >= 0.6 is 0 Å². The summed E-state index contributed by atoms with van der Waals surface area (Å²) in [6, 6.07) is 9.45. The van der Waals surface area contributed by atoms with Gasteiger partial charge >= 0.3 is 0 Å². The van der Waals surface area contributed by atoms with Crippen molar-refractivity contribution in [3.8, 4) is 0 Å². The van der Waals surface area contributed by atoms with Gasteiger partial charge < -0.3 is 14.4 Å². The molecule has 0 saturated carbocycles. The number of aromatic nitrogens is 3. The van der Waals surface area contributed by atoms with Gasteiger partial charge in [0.2, 0.25) is 5.91 Å². The van der Waals surface area contributed by atoms with Crippen LogP contribution in [-0.2, 0) is 17.8 Å². The summed E-state index contributed by atoms with van der Waals surface area (Å²) in [7, 11) is 0. The molecule has 0 spiro atoms. The first kappa shape index (κ1) is 18.1. The molecular weight excluding hydrogens is 328 g/mol. The van der Waals surface area contributed by atoms with Crippen LogP contribution in [0.3, 0.4) is 0 Å². The van der Waals surface area contributed by atoms with Crippen LogP contribution in [-0.4, -0.2) is 42.9 Å². The monoisotopic (exact) mass is 352 g/mol. The van der Waals surface area contributed by atoms with E-state index in [1.54, 1.807) is 17.3 Å². The van der Waals surface area contributed by atoms with Crippen LogP contribution in [0.15, 0.2) is 55.1 Å². The van der Waals surface area contributed by atoms with Crippen LogP contribution in [0.2, 0.25) is 0 Å². The first-order valence-corrected chi connectivity index (χ1v) is 8.93. The van der Waals surface area contributed by atoms with Crippen molar-refractivity contribution in [2.75, 3.05) is 6.61 Å². The minimum Gasteiger partial charge on any atom is -0.394 e. The highest BCUT2D eigenvalue weighted by atomic mass is 16.3. The van der Waals surface area contributed by atoms with E-state index >= 15 is 0 Å². The van der Waals surface area contributed by atoms with Crippen LogP contribution in [0.4, 0.5) is 0 Å². The smallest absolute Gasteiger partial charge is 0.223 e. The standard InChI is InChI=1S/C20H24N4O2/c1-2-18(15-25)24(13-16-6-5-10-21-12-16)20(26)9-8-17-14-23-11-4-3-7-19(23)22-17/h3-7,10-12,14,18,25H,2,8-9,13,15H2,1H3/t18-/m1/s1. The molecule has 26 heavy (non-hydrogen) atoms. The van der Waals surface area contributed by atoms with Gasteiger partial charge in [-0.1, -0.05) is 19.1 Å². The first-order valence-electron chi connectivity index (χ1n) is 8.93. The summed E-state index contributed by atoms with van der Waals surface area (Å²) >= 11 is 0. The van der Waals surface area contributed by atoms with E-state index in [9.17, 15) is 9.90 Å². The lowest BCUT2D eigenvalue weighted by Gasteiger charge is -2.30. The number of rotatable bonds is 8. The molecule has 6 nitrogen and oxygen atoms in total. The van der Waals surface area contributed by atoms with Gasteiger partial charge in [-0.2, -0.15) is 0 Å². The Balaban J connectivity index is 1.69. The molecule has 0 fully saturated rings. The largest absolute Gasteiger partial charge is 0.394 e. The molecule has 0 aliphatic rings. The fraction of sp³-hybridized carbons (Fsp3) is 0.350. The van der Waals surface area contributed by atoms with Crippen molar-refractivity contribution in [1.82, 2.24) is 19.3 Å². The molecular formula is C20H24N4O2.